The van der Waals surface area contributed by atoms with Crippen LogP contribution in [0.3, 0.4) is 0 Å². The zero-order valence-corrected chi connectivity index (χ0v) is 13.9. The van der Waals surface area contributed by atoms with Gasteiger partial charge >= 0.3 is 0 Å². The highest BCUT2D eigenvalue weighted by Gasteiger charge is 2.18. The van der Waals surface area contributed by atoms with Crippen LogP contribution < -0.4 is 10.1 Å². The van der Waals surface area contributed by atoms with E-state index in [1.54, 1.807) is 22.9 Å². The molecule has 0 unspecified atom stereocenters. The average molecular weight is 348 g/mol. The number of para-hydroxylation sites is 2. The van der Waals surface area contributed by atoms with Crippen molar-refractivity contribution in [2.45, 2.75) is 6.42 Å². The van der Waals surface area contributed by atoms with Crippen molar-refractivity contribution in [3.05, 3.63) is 54.3 Å². The molecule has 1 aromatic heterocycles. The third-order valence-electron chi connectivity index (χ3n) is 4.25. The topological polar surface area (TPSA) is 39.1 Å². The molecule has 126 valence electrons. The van der Waals surface area contributed by atoms with Crippen LogP contribution in [0.4, 0.5) is 4.39 Å². The van der Waals surface area contributed by atoms with E-state index in [9.17, 15) is 4.39 Å². The Kier molecular flexibility index (Phi) is 5.02. The summed E-state index contributed by atoms with van der Waals surface area (Å²) < 4.78 is 21.7. The van der Waals surface area contributed by atoms with Gasteiger partial charge in [0.1, 0.15) is 11.5 Å². The Bertz CT molecular complexity index is 830. The number of ether oxygens (including phenoxy) is 1. The molecule has 0 saturated carbocycles. The molecule has 1 atom stereocenters. The molecule has 2 aromatic carbocycles. The van der Waals surface area contributed by atoms with Gasteiger partial charge in [-0.3, -0.25) is 0 Å². The van der Waals surface area contributed by atoms with Gasteiger partial charge in [0.25, 0.3) is 0 Å². The minimum Gasteiger partial charge on any atom is -0.476 e. The van der Waals surface area contributed by atoms with Gasteiger partial charge in [-0.25, -0.2) is 9.07 Å². The zero-order valence-electron chi connectivity index (χ0n) is 13.1. The smallest absolute Gasteiger partial charge is 0.241 e. The molecule has 0 radical (unpaired) electrons. The molecule has 2 heterocycles. The number of aromatic nitrogens is 2. The Balaban J connectivity index is 0.00000169. The SMILES string of the molecule is Cl.Fc1ccccc1-n1nc(OC[C@H]2CCNC2)c2ccccc21. The van der Waals surface area contributed by atoms with Crippen molar-refractivity contribution in [2.24, 2.45) is 5.92 Å². The molecule has 0 aliphatic carbocycles. The van der Waals surface area contributed by atoms with Crippen LogP contribution in [0.5, 0.6) is 5.88 Å². The highest BCUT2D eigenvalue weighted by molar-refractivity contribution is 5.86. The average Bonchev–Trinajstić information content (AvgIpc) is 3.21. The number of halogens is 2. The molecule has 1 fully saturated rings. The van der Waals surface area contributed by atoms with Gasteiger partial charge in [-0.15, -0.1) is 17.5 Å². The summed E-state index contributed by atoms with van der Waals surface area (Å²) in [6, 6.07) is 14.4. The van der Waals surface area contributed by atoms with Crippen molar-refractivity contribution in [3.8, 4) is 11.6 Å². The van der Waals surface area contributed by atoms with E-state index >= 15 is 0 Å². The molecule has 0 amide bonds. The summed E-state index contributed by atoms with van der Waals surface area (Å²) in [4.78, 5) is 0. The second-order valence-corrected chi connectivity index (χ2v) is 5.86. The summed E-state index contributed by atoms with van der Waals surface area (Å²) in [5, 5.41) is 8.75. The summed E-state index contributed by atoms with van der Waals surface area (Å²) in [5.41, 5.74) is 1.28. The number of nitrogens with zero attached hydrogens (tertiary/aromatic N) is 2. The summed E-state index contributed by atoms with van der Waals surface area (Å²) in [6.45, 7) is 2.65. The Morgan fingerprint density at radius 1 is 1.17 bits per heavy atom. The molecule has 3 aromatic rings. The molecule has 6 heteroatoms. The first kappa shape index (κ1) is 16.7. The van der Waals surface area contributed by atoms with Crippen LogP contribution in [0.2, 0.25) is 0 Å². The Hall–Kier alpha value is -2.11. The maximum Gasteiger partial charge on any atom is 0.241 e. The van der Waals surface area contributed by atoms with Crippen LogP contribution in [0.15, 0.2) is 48.5 Å². The van der Waals surface area contributed by atoms with Crippen LogP contribution in [-0.4, -0.2) is 29.5 Å². The zero-order chi connectivity index (χ0) is 15.6. The van der Waals surface area contributed by atoms with Crippen molar-refractivity contribution in [1.29, 1.82) is 0 Å². The second kappa shape index (κ2) is 7.20. The van der Waals surface area contributed by atoms with Crippen LogP contribution in [-0.2, 0) is 0 Å². The standard InChI is InChI=1S/C18H18FN3O.ClH/c19-15-6-2-4-8-17(15)22-16-7-3-1-5-14(16)18(21-22)23-12-13-9-10-20-11-13;/h1-8,13,20H,9-12H2;1H/t13-;/m0./s1. The molecule has 0 spiro atoms. The van der Waals surface area contributed by atoms with Crippen LogP contribution >= 0.6 is 12.4 Å². The number of hydrogen-bond donors (Lipinski definition) is 1. The molecule has 4 rings (SSSR count). The van der Waals surface area contributed by atoms with Crippen molar-refractivity contribution < 1.29 is 9.13 Å². The summed E-state index contributed by atoms with van der Waals surface area (Å²) in [7, 11) is 0. The van der Waals surface area contributed by atoms with Gasteiger partial charge in [0, 0.05) is 12.5 Å². The van der Waals surface area contributed by atoms with Crippen molar-refractivity contribution in [2.75, 3.05) is 19.7 Å². The lowest BCUT2D eigenvalue weighted by atomic mass is 10.1. The predicted octanol–water partition coefficient (Wildman–Crippen LogP) is 3.57. The van der Waals surface area contributed by atoms with E-state index in [1.807, 2.05) is 24.3 Å². The minimum atomic E-state index is -0.299. The van der Waals surface area contributed by atoms with Gasteiger partial charge in [0.05, 0.1) is 17.5 Å². The second-order valence-electron chi connectivity index (χ2n) is 5.86. The van der Waals surface area contributed by atoms with Gasteiger partial charge in [-0.05, 0) is 37.2 Å². The summed E-state index contributed by atoms with van der Waals surface area (Å²) in [6.07, 6.45) is 1.12. The van der Waals surface area contributed by atoms with Gasteiger partial charge < -0.3 is 10.1 Å². The maximum absolute atomic E-state index is 14.1. The Morgan fingerprint density at radius 3 is 2.75 bits per heavy atom. The van der Waals surface area contributed by atoms with Crippen molar-refractivity contribution >= 4 is 23.3 Å². The quantitative estimate of drug-likeness (QED) is 0.784. The highest BCUT2D eigenvalue weighted by Crippen LogP contribution is 2.28. The van der Waals surface area contributed by atoms with E-state index in [0.717, 1.165) is 30.4 Å². The van der Waals surface area contributed by atoms with Gasteiger partial charge in [-0.1, -0.05) is 24.3 Å². The third kappa shape index (κ3) is 3.09. The number of rotatable bonds is 4. The van der Waals surface area contributed by atoms with Crippen molar-refractivity contribution in [1.82, 2.24) is 15.1 Å². The Morgan fingerprint density at radius 2 is 1.96 bits per heavy atom. The fourth-order valence-electron chi connectivity index (χ4n) is 3.00. The van der Waals surface area contributed by atoms with Gasteiger partial charge in [0.15, 0.2) is 0 Å². The maximum atomic E-state index is 14.1. The molecular formula is C18H19ClFN3O. The molecule has 1 N–H and O–H groups in total. The number of nitrogens with one attached hydrogen (secondary N) is 1. The predicted molar refractivity (Wildman–Crippen MR) is 94.7 cm³/mol. The first-order chi connectivity index (χ1) is 11.3. The normalized spacial score (nSPS) is 17.0. The third-order valence-corrected chi connectivity index (χ3v) is 4.25. The number of hydrogen-bond acceptors (Lipinski definition) is 3. The molecule has 1 aliphatic rings. The molecular weight excluding hydrogens is 329 g/mol. The lowest BCUT2D eigenvalue weighted by molar-refractivity contribution is 0.252. The monoisotopic (exact) mass is 347 g/mol. The lowest BCUT2D eigenvalue weighted by Crippen LogP contribution is -2.15. The molecule has 4 nitrogen and oxygen atoms in total. The van der Waals surface area contributed by atoms with E-state index in [1.165, 1.54) is 6.07 Å². The molecule has 0 bridgehead atoms. The summed E-state index contributed by atoms with van der Waals surface area (Å²) in [5.74, 6) is 0.774. The largest absolute Gasteiger partial charge is 0.476 e. The van der Waals surface area contributed by atoms with E-state index in [-0.39, 0.29) is 18.2 Å². The van der Waals surface area contributed by atoms with E-state index < -0.39 is 0 Å². The fraction of sp³-hybridized carbons (Fsp3) is 0.278. The highest BCUT2D eigenvalue weighted by atomic mass is 35.5. The number of fused-ring (bicyclic) bond motifs is 1. The van der Waals surface area contributed by atoms with Crippen molar-refractivity contribution in [3.63, 3.8) is 0 Å². The first-order valence-electron chi connectivity index (χ1n) is 7.89. The fourth-order valence-corrected chi connectivity index (χ4v) is 3.00. The van der Waals surface area contributed by atoms with Gasteiger partial charge in [0.2, 0.25) is 5.88 Å². The van der Waals surface area contributed by atoms with Crippen LogP contribution in [0.25, 0.3) is 16.6 Å². The van der Waals surface area contributed by atoms with E-state index in [2.05, 4.69) is 10.4 Å². The van der Waals surface area contributed by atoms with Crippen LogP contribution in [0.1, 0.15) is 6.42 Å². The van der Waals surface area contributed by atoms with Crippen LogP contribution in [0, 0.1) is 11.7 Å². The minimum absolute atomic E-state index is 0. The number of benzene rings is 2. The lowest BCUT2D eigenvalue weighted by Gasteiger charge is -2.08. The molecule has 1 aliphatic heterocycles. The summed E-state index contributed by atoms with van der Waals surface area (Å²) >= 11 is 0. The van der Waals surface area contributed by atoms with E-state index in [0.29, 0.717) is 24.1 Å². The molecule has 1 saturated heterocycles. The molecule has 24 heavy (non-hydrogen) atoms. The van der Waals surface area contributed by atoms with E-state index in [4.69, 9.17) is 4.74 Å². The Labute approximate surface area is 146 Å². The first-order valence-corrected chi connectivity index (χ1v) is 7.89. The van der Waals surface area contributed by atoms with Gasteiger partial charge in [-0.2, -0.15) is 0 Å².